The van der Waals surface area contributed by atoms with Gasteiger partial charge in [0.15, 0.2) is 0 Å². The van der Waals surface area contributed by atoms with Crippen molar-refractivity contribution in [1.29, 1.82) is 0 Å². The fourth-order valence-electron chi connectivity index (χ4n) is 2.40. The van der Waals surface area contributed by atoms with Gasteiger partial charge in [-0.1, -0.05) is 27.7 Å². The molecular formula is C15H29N3O2. The highest BCUT2D eigenvalue weighted by molar-refractivity contribution is 6.34. The largest absolute Gasteiger partial charge is 0.334 e. The van der Waals surface area contributed by atoms with Gasteiger partial charge in [-0.25, -0.2) is 0 Å². The lowest BCUT2D eigenvalue weighted by molar-refractivity contribution is -0.153. The van der Waals surface area contributed by atoms with Crippen molar-refractivity contribution < 1.29 is 9.59 Å². The minimum Gasteiger partial charge on any atom is -0.334 e. The summed E-state index contributed by atoms with van der Waals surface area (Å²) < 4.78 is 0. The minimum absolute atomic E-state index is 0.334. The first-order valence-electron chi connectivity index (χ1n) is 7.58. The second-order valence-corrected chi connectivity index (χ2v) is 6.59. The van der Waals surface area contributed by atoms with Gasteiger partial charge in [0.05, 0.1) is 0 Å². The molecule has 20 heavy (non-hydrogen) atoms. The van der Waals surface area contributed by atoms with E-state index in [9.17, 15) is 9.59 Å². The molecule has 1 rings (SSSR count). The second-order valence-electron chi connectivity index (χ2n) is 6.59. The van der Waals surface area contributed by atoms with Crippen molar-refractivity contribution in [2.75, 3.05) is 46.3 Å². The van der Waals surface area contributed by atoms with Crippen molar-refractivity contribution in [3.63, 3.8) is 0 Å². The van der Waals surface area contributed by atoms with E-state index in [2.05, 4.69) is 32.6 Å². The molecule has 0 aromatic heterocycles. The zero-order chi connectivity index (χ0) is 15.3. The van der Waals surface area contributed by atoms with E-state index < -0.39 is 0 Å². The molecule has 0 N–H and O–H groups in total. The molecule has 116 valence electrons. The van der Waals surface area contributed by atoms with Gasteiger partial charge < -0.3 is 14.7 Å². The summed E-state index contributed by atoms with van der Waals surface area (Å²) in [4.78, 5) is 30.3. The van der Waals surface area contributed by atoms with Crippen molar-refractivity contribution >= 4 is 11.8 Å². The summed E-state index contributed by atoms with van der Waals surface area (Å²) in [5.41, 5.74) is 0. The van der Waals surface area contributed by atoms with E-state index >= 15 is 0 Å². The number of nitrogens with zero attached hydrogens (tertiary/aromatic N) is 3. The summed E-state index contributed by atoms with van der Waals surface area (Å²) in [6.07, 6.45) is 0. The van der Waals surface area contributed by atoms with Crippen molar-refractivity contribution in [1.82, 2.24) is 14.7 Å². The monoisotopic (exact) mass is 283 g/mol. The summed E-state index contributed by atoms with van der Waals surface area (Å²) >= 11 is 0. The van der Waals surface area contributed by atoms with Crippen LogP contribution in [-0.2, 0) is 9.59 Å². The Morgan fingerprint density at radius 2 is 1.40 bits per heavy atom. The minimum atomic E-state index is -0.336. The van der Waals surface area contributed by atoms with E-state index in [1.807, 2.05) is 7.05 Å². The van der Waals surface area contributed by atoms with Crippen LogP contribution in [0.5, 0.6) is 0 Å². The molecule has 1 fully saturated rings. The van der Waals surface area contributed by atoms with Gasteiger partial charge in [0.25, 0.3) is 0 Å². The SMILES string of the molecule is CC(C)CN(CC(C)C)C(=O)C(=O)N1CCN(C)CC1. The van der Waals surface area contributed by atoms with E-state index in [1.54, 1.807) is 9.80 Å². The molecule has 2 amide bonds. The Morgan fingerprint density at radius 3 is 1.80 bits per heavy atom. The lowest BCUT2D eigenvalue weighted by Crippen LogP contribution is -2.53. The molecule has 5 nitrogen and oxygen atoms in total. The zero-order valence-corrected chi connectivity index (χ0v) is 13.6. The number of hydrogen-bond donors (Lipinski definition) is 0. The molecule has 0 radical (unpaired) electrons. The fourth-order valence-corrected chi connectivity index (χ4v) is 2.40. The second kappa shape index (κ2) is 7.62. The van der Waals surface area contributed by atoms with E-state index in [-0.39, 0.29) is 11.8 Å². The molecule has 0 atom stereocenters. The predicted molar refractivity (Wildman–Crippen MR) is 80.3 cm³/mol. The summed E-state index contributed by atoms with van der Waals surface area (Å²) in [5.74, 6) is 0.0762. The molecular weight excluding hydrogens is 254 g/mol. The maximum Gasteiger partial charge on any atom is 0.312 e. The first-order chi connectivity index (χ1) is 9.31. The van der Waals surface area contributed by atoms with Crippen molar-refractivity contribution in [3.05, 3.63) is 0 Å². The van der Waals surface area contributed by atoms with Gasteiger partial charge in [0, 0.05) is 39.3 Å². The standard InChI is InChI=1S/C15H29N3O2/c1-12(2)10-18(11-13(3)4)15(20)14(19)17-8-6-16(5)7-9-17/h12-13H,6-11H2,1-5H3. The molecule has 0 saturated carbocycles. The van der Waals surface area contributed by atoms with Crippen molar-refractivity contribution in [3.8, 4) is 0 Å². The van der Waals surface area contributed by atoms with Gasteiger partial charge >= 0.3 is 11.8 Å². The Labute approximate surface area is 122 Å². The number of hydrogen-bond acceptors (Lipinski definition) is 3. The molecule has 1 heterocycles. The van der Waals surface area contributed by atoms with Crippen LogP contribution in [0.25, 0.3) is 0 Å². The number of carbonyl (C=O) groups is 2. The molecule has 0 bridgehead atoms. The van der Waals surface area contributed by atoms with Gasteiger partial charge in [-0.05, 0) is 18.9 Å². The van der Waals surface area contributed by atoms with Crippen LogP contribution >= 0.6 is 0 Å². The highest BCUT2D eigenvalue weighted by Crippen LogP contribution is 2.08. The van der Waals surface area contributed by atoms with E-state index in [0.717, 1.165) is 13.1 Å². The summed E-state index contributed by atoms with van der Waals surface area (Å²) in [7, 11) is 2.04. The van der Waals surface area contributed by atoms with Crippen LogP contribution in [0.15, 0.2) is 0 Å². The van der Waals surface area contributed by atoms with Crippen molar-refractivity contribution in [2.24, 2.45) is 11.8 Å². The van der Waals surface area contributed by atoms with Crippen LogP contribution in [0.2, 0.25) is 0 Å². The lowest BCUT2D eigenvalue weighted by Gasteiger charge is -2.34. The fraction of sp³-hybridized carbons (Fsp3) is 0.867. The van der Waals surface area contributed by atoms with E-state index in [4.69, 9.17) is 0 Å². The molecule has 0 spiro atoms. The van der Waals surface area contributed by atoms with Crippen LogP contribution in [0.1, 0.15) is 27.7 Å². The Balaban J connectivity index is 2.65. The molecule has 0 aromatic rings. The quantitative estimate of drug-likeness (QED) is 0.720. The first kappa shape index (κ1) is 17.0. The van der Waals surface area contributed by atoms with Crippen LogP contribution in [0, 0.1) is 11.8 Å². The topological polar surface area (TPSA) is 43.9 Å². The van der Waals surface area contributed by atoms with Gasteiger partial charge in [-0.2, -0.15) is 0 Å². The third-order valence-corrected chi connectivity index (χ3v) is 3.43. The third kappa shape index (κ3) is 5.12. The average Bonchev–Trinajstić information content (AvgIpc) is 2.36. The molecule has 0 unspecified atom stereocenters. The summed E-state index contributed by atoms with van der Waals surface area (Å²) in [6.45, 7) is 12.6. The Bertz CT molecular complexity index is 324. The van der Waals surface area contributed by atoms with Crippen LogP contribution in [0.4, 0.5) is 0 Å². The van der Waals surface area contributed by atoms with E-state index in [0.29, 0.717) is 38.0 Å². The number of likely N-dealkylation sites (N-methyl/N-ethyl adjacent to an activating group) is 1. The average molecular weight is 283 g/mol. The molecule has 1 aliphatic rings. The molecule has 0 aromatic carbocycles. The summed E-state index contributed by atoms with van der Waals surface area (Å²) in [6, 6.07) is 0. The van der Waals surface area contributed by atoms with Gasteiger partial charge in [-0.15, -0.1) is 0 Å². The van der Waals surface area contributed by atoms with E-state index in [1.165, 1.54) is 0 Å². The maximum atomic E-state index is 12.4. The van der Waals surface area contributed by atoms with Gasteiger partial charge in [0.2, 0.25) is 0 Å². The van der Waals surface area contributed by atoms with Crippen LogP contribution in [-0.4, -0.2) is 72.8 Å². The molecule has 5 heteroatoms. The number of carbonyl (C=O) groups excluding carboxylic acids is 2. The highest BCUT2D eigenvalue weighted by Gasteiger charge is 2.29. The van der Waals surface area contributed by atoms with Gasteiger partial charge in [-0.3, -0.25) is 9.59 Å². The molecule has 0 aliphatic carbocycles. The number of amides is 2. The summed E-state index contributed by atoms with van der Waals surface area (Å²) in [5, 5.41) is 0. The third-order valence-electron chi connectivity index (χ3n) is 3.43. The number of piperazine rings is 1. The van der Waals surface area contributed by atoms with Gasteiger partial charge in [0.1, 0.15) is 0 Å². The van der Waals surface area contributed by atoms with Crippen molar-refractivity contribution in [2.45, 2.75) is 27.7 Å². The normalized spacial score (nSPS) is 16.9. The zero-order valence-electron chi connectivity index (χ0n) is 13.6. The smallest absolute Gasteiger partial charge is 0.312 e. The predicted octanol–water partition coefficient (Wildman–Crippen LogP) is 0.901. The van der Waals surface area contributed by atoms with Crippen LogP contribution in [0.3, 0.4) is 0 Å². The number of rotatable bonds is 4. The Morgan fingerprint density at radius 1 is 0.950 bits per heavy atom. The Hall–Kier alpha value is -1.10. The maximum absolute atomic E-state index is 12.4. The highest BCUT2D eigenvalue weighted by atomic mass is 16.2. The Kier molecular flexibility index (Phi) is 6.46. The lowest BCUT2D eigenvalue weighted by atomic mass is 10.1. The molecule has 1 saturated heterocycles. The van der Waals surface area contributed by atoms with Crippen LogP contribution < -0.4 is 0 Å². The first-order valence-corrected chi connectivity index (χ1v) is 7.58. The molecule has 1 aliphatic heterocycles.